The van der Waals surface area contributed by atoms with E-state index >= 15 is 0 Å². The van der Waals surface area contributed by atoms with Gasteiger partial charge in [0.1, 0.15) is 25.0 Å². The number of hydrogen-bond acceptors (Lipinski definition) is 9. The lowest BCUT2D eigenvalue weighted by molar-refractivity contribution is -0.225. The van der Waals surface area contributed by atoms with Gasteiger partial charge in [0.05, 0.1) is 27.7 Å². The highest BCUT2D eigenvalue weighted by molar-refractivity contribution is 6.39. The number of nitrogens with zero attached hydrogens (tertiary/aromatic N) is 2. The normalized spacial score (nSPS) is 21.6. The molecule has 1 fully saturated rings. The molecule has 230 valence electrons. The van der Waals surface area contributed by atoms with E-state index in [0.29, 0.717) is 43.8 Å². The molecule has 2 aliphatic heterocycles. The molecular weight excluding hydrogens is 582 g/mol. The van der Waals surface area contributed by atoms with Crippen molar-refractivity contribution in [3.05, 3.63) is 59.7 Å². The number of imide groups is 1. The molecule has 2 amide bonds. The van der Waals surface area contributed by atoms with Crippen LogP contribution in [-0.4, -0.2) is 76.1 Å². The van der Waals surface area contributed by atoms with Crippen LogP contribution in [0.2, 0.25) is 0 Å². The smallest absolute Gasteiger partial charge is 0.303 e. The predicted molar refractivity (Wildman–Crippen MR) is 161 cm³/mol. The molecule has 4 heterocycles. The van der Waals surface area contributed by atoms with Crippen molar-refractivity contribution in [1.82, 2.24) is 14.5 Å². The molecule has 5 aromatic rings. The van der Waals surface area contributed by atoms with E-state index in [1.807, 2.05) is 53.1 Å². The van der Waals surface area contributed by atoms with Gasteiger partial charge in [-0.2, -0.15) is 0 Å². The maximum Gasteiger partial charge on any atom is 0.303 e. The number of para-hydroxylation sites is 2. The van der Waals surface area contributed by atoms with E-state index in [9.17, 15) is 24.0 Å². The summed E-state index contributed by atoms with van der Waals surface area (Å²) in [5, 5.41) is 2.69. The number of benzene rings is 3. The third-order valence-corrected chi connectivity index (χ3v) is 8.50. The average molecular weight is 612 g/mol. The molecule has 2 aliphatic rings. The van der Waals surface area contributed by atoms with Gasteiger partial charge in [-0.05, 0) is 12.1 Å². The fourth-order valence-electron chi connectivity index (χ4n) is 6.82. The summed E-state index contributed by atoms with van der Waals surface area (Å²) in [5.74, 6) is -2.58. The van der Waals surface area contributed by atoms with E-state index in [0.717, 1.165) is 15.8 Å². The van der Waals surface area contributed by atoms with Crippen LogP contribution in [-0.2, 0) is 33.3 Å². The summed E-state index contributed by atoms with van der Waals surface area (Å²) < 4.78 is 25.0. The number of carbonyl (C=O) groups is 5. The molecule has 0 bridgehead atoms. The van der Waals surface area contributed by atoms with Crippen molar-refractivity contribution in [2.75, 3.05) is 13.7 Å². The van der Waals surface area contributed by atoms with E-state index < -0.39 is 54.3 Å². The highest BCUT2D eigenvalue weighted by atomic mass is 16.6. The van der Waals surface area contributed by atoms with Crippen molar-refractivity contribution >= 4 is 73.3 Å². The minimum absolute atomic E-state index is 0.0630. The van der Waals surface area contributed by atoms with Crippen LogP contribution in [0.5, 0.6) is 0 Å². The number of hydrogen-bond donors (Lipinski definition) is 1. The van der Waals surface area contributed by atoms with Crippen LogP contribution in [0.4, 0.5) is 0 Å². The predicted octanol–water partition coefficient (Wildman–Crippen LogP) is 4.37. The van der Waals surface area contributed by atoms with E-state index in [2.05, 4.69) is 4.98 Å². The van der Waals surface area contributed by atoms with Gasteiger partial charge in [0.2, 0.25) is 0 Å². The second kappa shape index (κ2) is 10.4. The minimum Gasteiger partial charge on any atom is -0.463 e. The van der Waals surface area contributed by atoms with E-state index in [4.69, 9.17) is 18.9 Å². The third kappa shape index (κ3) is 4.35. The average Bonchev–Trinajstić information content (AvgIpc) is 3.61. The molecule has 0 spiro atoms. The Balaban J connectivity index is 1.55. The Morgan fingerprint density at radius 2 is 1.51 bits per heavy atom. The molecule has 45 heavy (non-hydrogen) atoms. The summed E-state index contributed by atoms with van der Waals surface area (Å²) in [6.45, 7) is 3.47. The third-order valence-electron chi connectivity index (χ3n) is 8.50. The van der Waals surface area contributed by atoms with Crippen LogP contribution in [0.1, 0.15) is 54.1 Å². The molecule has 0 saturated carbocycles. The highest BCUT2D eigenvalue weighted by Crippen LogP contribution is 2.47. The van der Waals surface area contributed by atoms with Gasteiger partial charge in [-0.25, -0.2) is 0 Å². The van der Waals surface area contributed by atoms with Crippen LogP contribution >= 0.6 is 0 Å². The van der Waals surface area contributed by atoms with Gasteiger partial charge in [0.15, 0.2) is 6.10 Å². The summed E-state index contributed by atoms with van der Waals surface area (Å²) in [7, 11) is 1.47. The van der Waals surface area contributed by atoms with Gasteiger partial charge in [-0.3, -0.25) is 28.9 Å². The Kier molecular flexibility index (Phi) is 6.62. The number of esters is 3. The maximum atomic E-state index is 13.8. The zero-order valence-corrected chi connectivity index (χ0v) is 24.9. The number of rotatable bonds is 5. The summed E-state index contributed by atoms with van der Waals surface area (Å²) >= 11 is 0. The van der Waals surface area contributed by atoms with Crippen molar-refractivity contribution in [2.24, 2.45) is 0 Å². The summed E-state index contributed by atoms with van der Waals surface area (Å²) in [4.78, 5) is 68.2. The van der Waals surface area contributed by atoms with Gasteiger partial charge < -0.3 is 28.5 Å². The standard InChI is InChI=1S/C33H29N3O9/c1-15(37)42-14-23-31(44-17(3)39)22(43-16(2)38)13-24(45-23)36-21-12-8-6-10-19(21)26-28-27(32(40)35(4)33(28)41)25-18-9-5-7-11-20(18)34-29(25)30(26)36/h5-12,22-24,31,34H,13-14H2,1-4H3/t22-,23-,24-,31+/m1/s1. The minimum atomic E-state index is -1.06. The Labute approximate surface area is 255 Å². The first-order valence-corrected chi connectivity index (χ1v) is 14.5. The second-order valence-corrected chi connectivity index (χ2v) is 11.3. The Bertz CT molecular complexity index is 2110. The molecule has 1 saturated heterocycles. The Morgan fingerprint density at radius 3 is 2.20 bits per heavy atom. The molecule has 0 aliphatic carbocycles. The second-order valence-electron chi connectivity index (χ2n) is 11.3. The lowest BCUT2D eigenvalue weighted by Gasteiger charge is -2.41. The number of ether oxygens (including phenoxy) is 4. The number of aromatic nitrogens is 2. The van der Waals surface area contributed by atoms with Crippen molar-refractivity contribution in [3.8, 4) is 0 Å². The number of H-pyrrole nitrogens is 1. The molecule has 2 aromatic heterocycles. The number of amides is 2. The zero-order chi connectivity index (χ0) is 31.7. The molecule has 12 nitrogen and oxygen atoms in total. The largest absolute Gasteiger partial charge is 0.463 e. The first-order valence-electron chi connectivity index (χ1n) is 14.5. The monoisotopic (exact) mass is 611 g/mol. The molecule has 12 heteroatoms. The highest BCUT2D eigenvalue weighted by Gasteiger charge is 2.46. The fraction of sp³-hybridized carbons (Fsp3) is 0.303. The van der Waals surface area contributed by atoms with E-state index in [1.54, 1.807) is 0 Å². The van der Waals surface area contributed by atoms with Gasteiger partial charge >= 0.3 is 17.9 Å². The van der Waals surface area contributed by atoms with Gasteiger partial charge in [-0.15, -0.1) is 0 Å². The summed E-state index contributed by atoms with van der Waals surface area (Å²) in [6, 6.07) is 15.0. The van der Waals surface area contributed by atoms with Crippen molar-refractivity contribution in [2.45, 2.75) is 51.7 Å². The number of nitrogens with one attached hydrogen (secondary N) is 1. The number of fused-ring (bicyclic) bond motifs is 10. The van der Waals surface area contributed by atoms with Crippen molar-refractivity contribution in [1.29, 1.82) is 0 Å². The molecule has 7 rings (SSSR count). The molecule has 1 N–H and O–H groups in total. The van der Waals surface area contributed by atoms with E-state index in [-0.39, 0.29) is 13.0 Å². The van der Waals surface area contributed by atoms with Gasteiger partial charge in [0.25, 0.3) is 11.8 Å². The number of carbonyl (C=O) groups excluding carboxylic acids is 5. The lowest BCUT2D eigenvalue weighted by atomic mass is 9.96. The lowest BCUT2D eigenvalue weighted by Crippen LogP contribution is -2.52. The van der Waals surface area contributed by atoms with E-state index in [1.165, 1.54) is 27.8 Å². The quantitative estimate of drug-likeness (QED) is 0.174. The van der Waals surface area contributed by atoms with Crippen LogP contribution < -0.4 is 0 Å². The Morgan fingerprint density at radius 1 is 0.867 bits per heavy atom. The summed E-state index contributed by atoms with van der Waals surface area (Å²) in [5.41, 5.74) is 3.34. The first-order chi connectivity index (χ1) is 21.6. The van der Waals surface area contributed by atoms with Crippen LogP contribution in [0, 0.1) is 0 Å². The SMILES string of the molecule is CC(=O)OC[C@H]1O[C@@H](n2c3ccccc3c3c4c(c5c6ccccc6[nH]c5c32)C(=O)N(C)C4=O)C[C@@H](OC(C)=O)[C@@H]1OC(C)=O. The maximum absolute atomic E-state index is 13.8. The number of aromatic amines is 1. The molecule has 0 unspecified atom stereocenters. The molecule has 3 aromatic carbocycles. The fourth-order valence-corrected chi connectivity index (χ4v) is 6.82. The summed E-state index contributed by atoms with van der Waals surface area (Å²) in [6.07, 6.45) is -3.79. The zero-order valence-electron chi connectivity index (χ0n) is 24.9. The molecule has 0 radical (unpaired) electrons. The van der Waals surface area contributed by atoms with Crippen molar-refractivity contribution < 1.29 is 42.9 Å². The first kappa shape index (κ1) is 28.5. The Hall–Kier alpha value is -5.23. The van der Waals surface area contributed by atoms with Gasteiger partial charge in [0, 0.05) is 61.3 Å². The van der Waals surface area contributed by atoms with Crippen LogP contribution in [0.3, 0.4) is 0 Å². The van der Waals surface area contributed by atoms with Gasteiger partial charge in [-0.1, -0.05) is 36.4 Å². The molecular formula is C33H29N3O9. The van der Waals surface area contributed by atoms with Crippen LogP contribution in [0.15, 0.2) is 48.5 Å². The molecule has 4 atom stereocenters. The topological polar surface area (TPSA) is 146 Å². The van der Waals surface area contributed by atoms with Crippen molar-refractivity contribution in [3.63, 3.8) is 0 Å². The van der Waals surface area contributed by atoms with Crippen LogP contribution in [0.25, 0.3) is 43.6 Å².